The van der Waals surface area contributed by atoms with Crippen LogP contribution in [0, 0.1) is 0 Å². The van der Waals surface area contributed by atoms with E-state index >= 15 is 0 Å². The van der Waals surface area contributed by atoms with E-state index in [0.29, 0.717) is 19.3 Å². The Hall–Kier alpha value is -3.15. The molecule has 0 saturated carbocycles. The predicted molar refractivity (Wildman–Crippen MR) is 265 cm³/mol. The van der Waals surface area contributed by atoms with Crippen molar-refractivity contribution in [3.63, 3.8) is 0 Å². The second kappa shape index (κ2) is 50.5. The molecule has 0 aromatic carbocycles. The maximum atomic E-state index is 12.8. The Morgan fingerprint density at radius 3 is 0.984 bits per heavy atom. The van der Waals surface area contributed by atoms with E-state index < -0.39 is 6.10 Å². The number of carbonyl (C=O) groups is 3. The van der Waals surface area contributed by atoms with Crippen LogP contribution in [0.1, 0.15) is 245 Å². The number of hydrogen-bond donors (Lipinski definition) is 0. The lowest BCUT2D eigenvalue weighted by Gasteiger charge is -2.18. The van der Waals surface area contributed by atoms with Crippen LogP contribution in [-0.2, 0) is 28.6 Å². The van der Waals surface area contributed by atoms with Crippen molar-refractivity contribution in [2.24, 2.45) is 0 Å². The van der Waals surface area contributed by atoms with Gasteiger partial charge in [0.05, 0.1) is 0 Å². The molecular weight excluding hydrogens is 769 g/mol. The highest BCUT2D eigenvalue weighted by molar-refractivity contribution is 5.71. The summed E-state index contributed by atoms with van der Waals surface area (Å²) in [5.41, 5.74) is 0. The molecule has 0 amide bonds. The second-order valence-corrected chi connectivity index (χ2v) is 17.2. The molecule has 356 valence electrons. The van der Waals surface area contributed by atoms with Crippen LogP contribution < -0.4 is 0 Å². The third-order valence-electron chi connectivity index (χ3n) is 11.1. The Morgan fingerprint density at radius 1 is 0.339 bits per heavy atom. The van der Waals surface area contributed by atoms with Crippen LogP contribution in [-0.4, -0.2) is 37.2 Å². The first kappa shape index (κ1) is 58.9. The maximum absolute atomic E-state index is 12.8. The van der Waals surface area contributed by atoms with Crippen molar-refractivity contribution in [3.8, 4) is 0 Å². The summed E-state index contributed by atoms with van der Waals surface area (Å²) >= 11 is 0. The lowest BCUT2D eigenvalue weighted by atomic mass is 10.0. The van der Waals surface area contributed by atoms with Crippen molar-refractivity contribution < 1.29 is 28.6 Å². The monoisotopic (exact) mass is 865 g/mol. The number of esters is 3. The summed E-state index contributed by atoms with van der Waals surface area (Å²) in [6.45, 7) is 6.46. The zero-order valence-electron chi connectivity index (χ0n) is 40.6. The Kier molecular flexibility index (Phi) is 47.9. The Morgan fingerprint density at radius 2 is 0.629 bits per heavy atom. The quantitative estimate of drug-likeness (QED) is 0.0262. The third-order valence-corrected chi connectivity index (χ3v) is 11.1. The topological polar surface area (TPSA) is 78.9 Å². The van der Waals surface area contributed by atoms with Gasteiger partial charge in [-0.3, -0.25) is 14.4 Å². The first-order valence-corrected chi connectivity index (χ1v) is 26.0. The molecule has 62 heavy (non-hydrogen) atoms. The number of unbranched alkanes of at least 4 members (excludes halogenated alkanes) is 28. The van der Waals surface area contributed by atoms with Crippen LogP contribution in [0.4, 0.5) is 0 Å². The average Bonchev–Trinajstić information content (AvgIpc) is 3.27. The maximum Gasteiger partial charge on any atom is 0.306 e. The van der Waals surface area contributed by atoms with Crippen LogP contribution >= 0.6 is 0 Å². The average molecular weight is 865 g/mol. The zero-order chi connectivity index (χ0) is 45.1. The van der Waals surface area contributed by atoms with Gasteiger partial charge in [-0.05, 0) is 38.5 Å². The molecule has 0 aromatic rings. The van der Waals surface area contributed by atoms with Gasteiger partial charge in [-0.2, -0.15) is 0 Å². The molecule has 0 spiro atoms. The molecule has 0 bridgehead atoms. The molecule has 0 saturated heterocycles. The van der Waals surface area contributed by atoms with E-state index in [0.717, 1.165) is 70.6 Å². The van der Waals surface area contributed by atoms with Crippen LogP contribution in [0.5, 0.6) is 0 Å². The fourth-order valence-electron chi connectivity index (χ4n) is 7.24. The number of carbonyl (C=O) groups excluding carboxylic acids is 3. The lowest BCUT2D eigenvalue weighted by Crippen LogP contribution is -2.30. The van der Waals surface area contributed by atoms with E-state index in [4.69, 9.17) is 14.2 Å². The van der Waals surface area contributed by atoms with Crippen LogP contribution in [0.25, 0.3) is 0 Å². The van der Waals surface area contributed by atoms with Gasteiger partial charge in [-0.25, -0.2) is 0 Å². The Bertz CT molecular complexity index is 1180. The van der Waals surface area contributed by atoms with Gasteiger partial charge in [-0.15, -0.1) is 0 Å². The largest absolute Gasteiger partial charge is 0.462 e. The minimum absolute atomic E-state index is 0.0868. The van der Waals surface area contributed by atoms with E-state index in [1.54, 1.807) is 0 Å². The fourth-order valence-corrected chi connectivity index (χ4v) is 7.24. The summed E-state index contributed by atoms with van der Waals surface area (Å²) in [4.78, 5) is 38.0. The van der Waals surface area contributed by atoms with Gasteiger partial charge >= 0.3 is 17.9 Å². The first-order chi connectivity index (χ1) is 30.5. The highest BCUT2D eigenvalue weighted by atomic mass is 16.6. The summed E-state index contributed by atoms with van der Waals surface area (Å²) in [6, 6.07) is 0. The fraction of sp³-hybridized carbons (Fsp3) is 0.732. The van der Waals surface area contributed by atoms with Crippen LogP contribution in [0.15, 0.2) is 72.9 Å². The zero-order valence-corrected chi connectivity index (χ0v) is 40.6. The van der Waals surface area contributed by atoms with Crippen LogP contribution in [0.3, 0.4) is 0 Å². The van der Waals surface area contributed by atoms with Gasteiger partial charge in [-0.1, -0.05) is 261 Å². The second-order valence-electron chi connectivity index (χ2n) is 17.2. The SMILES string of the molecule is CC\C=C/C=C\C=C/C=C\C=C\C=C/CCCCCC(=O)OCC(COC(=O)CCCCCCCCCCCCCC)OC(=O)CCCCCCCCCCCCCCCCC. The molecule has 1 atom stereocenters. The minimum atomic E-state index is -0.789. The van der Waals surface area contributed by atoms with Gasteiger partial charge in [0.15, 0.2) is 6.10 Å². The molecule has 0 aliphatic carbocycles. The van der Waals surface area contributed by atoms with Crippen molar-refractivity contribution in [3.05, 3.63) is 72.9 Å². The molecular formula is C56H96O6. The molecule has 0 fully saturated rings. The highest BCUT2D eigenvalue weighted by Gasteiger charge is 2.19. The smallest absolute Gasteiger partial charge is 0.306 e. The van der Waals surface area contributed by atoms with Gasteiger partial charge < -0.3 is 14.2 Å². The number of allylic oxidation sites excluding steroid dienone is 12. The summed E-state index contributed by atoms with van der Waals surface area (Å²) in [6.07, 6.45) is 63.1. The lowest BCUT2D eigenvalue weighted by molar-refractivity contribution is -0.167. The van der Waals surface area contributed by atoms with Crippen molar-refractivity contribution >= 4 is 17.9 Å². The van der Waals surface area contributed by atoms with Gasteiger partial charge in [0.1, 0.15) is 13.2 Å². The van der Waals surface area contributed by atoms with E-state index in [1.807, 2.05) is 60.8 Å². The molecule has 0 aliphatic heterocycles. The summed E-state index contributed by atoms with van der Waals surface area (Å²) in [5.74, 6) is -0.926. The normalized spacial score (nSPS) is 12.6. The molecule has 1 unspecified atom stereocenters. The Balaban J connectivity index is 4.45. The molecule has 0 aliphatic rings. The van der Waals surface area contributed by atoms with Crippen molar-refractivity contribution in [2.75, 3.05) is 13.2 Å². The summed E-state index contributed by atoms with van der Waals surface area (Å²) < 4.78 is 16.8. The predicted octanol–water partition coefficient (Wildman–Crippen LogP) is 17.0. The van der Waals surface area contributed by atoms with Gasteiger partial charge in [0.25, 0.3) is 0 Å². The summed E-state index contributed by atoms with van der Waals surface area (Å²) in [7, 11) is 0. The molecule has 6 heteroatoms. The van der Waals surface area contributed by atoms with Crippen molar-refractivity contribution in [1.82, 2.24) is 0 Å². The van der Waals surface area contributed by atoms with Crippen molar-refractivity contribution in [2.45, 2.75) is 252 Å². The first-order valence-electron chi connectivity index (χ1n) is 26.0. The van der Waals surface area contributed by atoms with E-state index in [1.165, 1.54) is 135 Å². The summed E-state index contributed by atoms with van der Waals surface area (Å²) in [5, 5.41) is 0. The number of hydrogen-bond acceptors (Lipinski definition) is 6. The molecule has 6 nitrogen and oxygen atoms in total. The molecule has 0 radical (unpaired) electrons. The third kappa shape index (κ3) is 47.9. The van der Waals surface area contributed by atoms with Crippen molar-refractivity contribution in [1.29, 1.82) is 0 Å². The van der Waals surface area contributed by atoms with E-state index in [-0.39, 0.29) is 31.1 Å². The van der Waals surface area contributed by atoms with Gasteiger partial charge in [0, 0.05) is 19.3 Å². The van der Waals surface area contributed by atoms with Crippen LogP contribution in [0.2, 0.25) is 0 Å². The van der Waals surface area contributed by atoms with Gasteiger partial charge in [0.2, 0.25) is 0 Å². The molecule has 0 rings (SSSR count). The number of ether oxygens (including phenoxy) is 3. The standard InChI is InChI=1S/C56H96O6/c1-4-7-10-13-16-19-22-25-27-28-30-31-34-37-40-43-46-49-55(58)61-52-53(51-60-54(57)48-45-42-39-36-33-24-21-18-15-12-9-6-3)62-56(59)50-47-44-41-38-35-32-29-26-23-20-17-14-11-8-5-2/h7,10,13,16,19,22,25,27-28,30-31,34,53H,4-6,8-9,11-12,14-15,17-18,20-21,23-24,26,29,32-33,35-52H2,1-3H3/b10-7-,16-13-,22-19-,27-25-,30-28+,34-31-. The highest BCUT2D eigenvalue weighted by Crippen LogP contribution is 2.16. The number of rotatable bonds is 46. The minimum Gasteiger partial charge on any atom is -0.462 e. The van der Waals surface area contributed by atoms with E-state index in [2.05, 4.69) is 32.9 Å². The molecule has 0 heterocycles. The molecule has 0 N–H and O–H groups in total. The molecule has 0 aromatic heterocycles. The Labute approximate surface area is 382 Å². The van der Waals surface area contributed by atoms with E-state index in [9.17, 15) is 14.4 Å².